The minimum absolute atomic E-state index is 0.0645. The predicted octanol–water partition coefficient (Wildman–Crippen LogP) is 1.94. The molecule has 3 N–H and O–H groups in total. The fourth-order valence-electron chi connectivity index (χ4n) is 2.01. The van der Waals surface area contributed by atoms with Crippen molar-refractivity contribution in [3.05, 3.63) is 28.3 Å². The van der Waals surface area contributed by atoms with Gasteiger partial charge in [-0.15, -0.1) is 0 Å². The highest BCUT2D eigenvalue weighted by atomic mass is 35.5. The molecule has 0 amide bonds. The van der Waals surface area contributed by atoms with Crippen molar-refractivity contribution in [3.8, 4) is 0 Å². The Morgan fingerprint density at radius 1 is 1.44 bits per heavy atom. The van der Waals surface area contributed by atoms with E-state index in [0.29, 0.717) is 10.6 Å². The van der Waals surface area contributed by atoms with Crippen LogP contribution in [0.5, 0.6) is 0 Å². The summed E-state index contributed by atoms with van der Waals surface area (Å²) in [4.78, 5) is 0.238. The van der Waals surface area contributed by atoms with Crippen LogP contribution in [0.15, 0.2) is 17.0 Å². The van der Waals surface area contributed by atoms with Crippen molar-refractivity contribution in [1.82, 2.24) is 4.72 Å². The molecule has 4 nitrogen and oxygen atoms in total. The van der Waals surface area contributed by atoms with Gasteiger partial charge in [0.15, 0.2) is 0 Å². The van der Waals surface area contributed by atoms with Crippen molar-refractivity contribution in [3.63, 3.8) is 0 Å². The second-order valence-electron chi connectivity index (χ2n) is 4.64. The molecule has 0 radical (unpaired) electrons. The van der Waals surface area contributed by atoms with Crippen molar-refractivity contribution in [2.45, 2.75) is 43.7 Å². The normalized spacial score (nSPS) is 16.6. The Morgan fingerprint density at radius 2 is 2.11 bits per heavy atom. The maximum atomic E-state index is 12.3. The minimum atomic E-state index is -3.50. The zero-order valence-electron chi connectivity index (χ0n) is 10.2. The molecule has 1 aromatic carbocycles. The Hall–Kier alpha value is -0.620. The van der Waals surface area contributed by atoms with Crippen molar-refractivity contribution in [1.29, 1.82) is 0 Å². The van der Waals surface area contributed by atoms with E-state index in [4.69, 9.17) is 17.3 Å². The standard InChI is InChI=1S/C12H17ClN2O2S/c1-8-9(7-14)5-10(13)6-12(8)18(16,17)15-11-3-2-4-11/h5-6,11,15H,2-4,7,14H2,1H3. The monoisotopic (exact) mass is 288 g/mol. The second kappa shape index (κ2) is 5.17. The molecule has 100 valence electrons. The summed E-state index contributed by atoms with van der Waals surface area (Å²) in [7, 11) is -3.50. The van der Waals surface area contributed by atoms with Gasteiger partial charge in [-0.2, -0.15) is 0 Å². The number of benzene rings is 1. The number of hydrogen-bond acceptors (Lipinski definition) is 3. The Kier molecular flexibility index (Phi) is 3.96. The van der Waals surface area contributed by atoms with Gasteiger partial charge in [0, 0.05) is 17.6 Å². The highest BCUT2D eigenvalue weighted by molar-refractivity contribution is 7.89. The fraction of sp³-hybridized carbons (Fsp3) is 0.500. The van der Waals surface area contributed by atoms with Gasteiger partial charge in [0.2, 0.25) is 10.0 Å². The quantitative estimate of drug-likeness (QED) is 0.889. The average molecular weight is 289 g/mol. The third-order valence-electron chi connectivity index (χ3n) is 3.37. The number of halogens is 1. The van der Waals surface area contributed by atoms with Gasteiger partial charge < -0.3 is 5.73 Å². The molecule has 0 unspecified atom stereocenters. The molecule has 2 rings (SSSR count). The van der Waals surface area contributed by atoms with Crippen molar-refractivity contribution < 1.29 is 8.42 Å². The molecular formula is C12H17ClN2O2S. The number of nitrogens with one attached hydrogen (secondary N) is 1. The molecule has 18 heavy (non-hydrogen) atoms. The summed E-state index contributed by atoms with van der Waals surface area (Å²) >= 11 is 5.94. The van der Waals surface area contributed by atoms with Crippen LogP contribution in [0.3, 0.4) is 0 Å². The van der Waals surface area contributed by atoms with Crippen molar-refractivity contribution in [2.75, 3.05) is 0 Å². The minimum Gasteiger partial charge on any atom is -0.326 e. The Labute approximate surface area is 113 Å². The smallest absolute Gasteiger partial charge is 0.241 e. The summed E-state index contributed by atoms with van der Waals surface area (Å²) in [5.41, 5.74) is 7.03. The molecular weight excluding hydrogens is 272 g/mol. The molecule has 1 aliphatic rings. The summed E-state index contributed by atoms with van der Waals surface area (Å²) in [5, 5.41) is 0.398. The van der Waals surface area contributed by atoms with Gasteiger partial charge in [-0.1, -0.05) is 18.0 Å². The lowest BCUT2D eigenvalue weighted by molar-refractivity contribution is 0.383. The molecule has 0 aromatic heterocycles. The number of hydrogen-bond donors (Lipinski definition) is 2. The van der Waals surface area contributed by atoms with Gasteiger partial charge in [0.1, 0.15) is 0 Å². The molecule has 0 heterocycles. The highest BCUT2D eigenvalue weighted by Crippen LogP contribution is 2.26. The lowest BCUT2D eigenvalue weighted by atomic mass is 9.94. The van der Waals surface area contributed by atoms with E-state index in [0.717, 1.165) is 24.8 Å². The number of sulfonamides is 1. The van der Waals surface area contributed by atoms with Gasteiger partial charge in [-0.3, -0.25) is 0 Å². The summed E-state index contributed by atoms with van der Waals surface area (Å²) in [6.45, 7) is 2.03. The third-order valence-corrected chi connectivity index (χ3v) is 5.23. The van der Waals surface area contributed by atoms with Crippen LogP contribution in [0.4, 0.5) is 0 Å². The molecule has 0 atom stereocenters. The van der Waals surface area contributed by atoms with Crippen LogP contribution in [0.25, 0.3) is 0 Å². The maximum absolute atomic E-state index is 12.3. The lowest BCUT2D eigenvalue weighted by Gasteiger charge is -2.26. The van der Waals surface area contributed by atoms with Crippen LogP contribution in [-0.2, 0) is 16.6 Å². The summed E-state index contributed by atoms with van der Waals surface area (Å²) in [5.74, 6) is 0. The Bertz CT molecular complexity index is 553. The average Bonchev–Trinajstić information content (AvgIpc) is 2.26. The first kappa shape index (κ1) is 13.8. The molecule has 0 aliphatic heterocycles. The first-order chi connectivity index (χ1) is 8.44. The summed E-state index contributed by atoms with van der Waals surface area (Å²) < 4.78 is 27.2. The number of nitrogens with two attached hydrogens (primary N) is 1. The van der Waals surface area contributed by atoms with Crippen LogP contribution in [0, 0.1) is 6.92 Å². The van der Waals surface area contributed by atoms with Crippen molar-refractivity contribution in [2.24, 2.45) is 5.73 Å². The van der Waals surface area contributed by atoms with Gasteiger partial charge >= 0.3 is 0 Å². The van der Waals surface area contributed by atoms with Gasteiger partial charge in [0.05, 0.1) is 4.90 Å². The van der Waals surface area contributed by atoms with E-state index in [1.165, 1.54) is 6.07 Å². The topological polar surface area (TPSA) is 72.2 Å². The van der Waals surface area contributed by atoms with E-state index in [1.807, 2.05) is 0 Å². The number of rotatable bonds is 4. The van der Waals surface area contributed by atoms with Crippen LogP contribution >= 0.6 is 11.6 Å². The van der Waals surface area contributed by atoms with Gasteiger partial charge in [0.25, 0.3) is 0 Å². The van der Waals surface area contributed by atoms with Crippen LogP contribution in [-0.4, -0.2) is 14.5 Å². The van der Waals surface area contributed by atoms with Gasteiger partial charge in [-0.25, -0.2) is 13.1 Å². The van der Waals surface area contributed by atoms with Crippen LogP contribution < -0.4 is 10.5 Å². The van der Waals surface area contributed by atoms with E-state index in [2.05, 4.69) is 4.72 Å². The van der Waals surface area contributed by atoms with E-state index in [-0.39, 0.29) is 17.5 Å². The predicted molar refractivity (Wildman–Crippen MR) is 72.0 cm³/mol. The summed E-state index contributed by atoms with van der Waals surface area (Å²) in [6, 6.07) is 3.26. The van der Waals surface area contributed by atoms with Gasteiger partial charge in [-0.05, 0) is 43.0 Å². The van der Waals surface area contributed by atoms with E-state index in [1.54, 1.807) is 13.0 Å². The largest absolute Gasteiger partial charge is 0.326 e. The molecule has 1 aliphatic carbocycles. The van der Waals surface area contributed by atoms with Crippen LogP contribution in [0.2, 0.25) is 5.02 Å². The van der Waals surface area contributed by atoms with E-state index < -0.39 is 10.0 Å². The lowest BCUT2D eigenvalue weighted by Crippen LogP contribution is -2.39. The summed E-state index contributed by atoms with van der Waals surface area (Å²) in [6.07, 6.45) is 2.89. The second-order valence-corrected chi connectivity index (χ2v) is 6.76. The zero-order valence-corrected chi connectivity index (χ0v) is 11.8. The molecule has 1 aromatic rings. The third kappa shape index (κ3) is 2.69. The Balaban J connectivity index is 2.39. The highest BCUT2D eigenvalue weighted by Gasteiger charge is 2.26. The molecule has 1 fully saturated rings. The maximum Gasteiger partial charge on any atom is 0.241 e. The molecule has 0 saturated heterocycles. The molecule has 0 spiro atoms. The molecule has 6 heteroatoms. The first-order valence-corrected chi connectivity index (χ1v) is 7.81. The van der Waals surface area contributed by atoms with Crippen LogP contribution in [0.1, 0.15) is 30.4 Å². The zero-order chi connectivity index (χ0) is 13.3. The first-order valence-electron chi connectivity index (χ1n) is 5.95. The molecule has 1 saturated carbocycles. The van der Waals surface area contributed by atoms with E-state index in [9.17, 15) is 8.42 Å². The SMILES string of the molecule is Cc1c(CN)cc(Cl)cc1S(=O)(=O)NC1CCC1. The molecule has 0 bridgehead atoms. The van der Waals surface area contributed by atoms with E-state index >= 15 is 0 Å². The Morgan fingerprint density at radius 3 is 2.61 bits per heavy atom. The fourth-order valence-corrected chi connectivity index (χ4v) is 3.93. The van der Waals surface area contributed by atoms with Crippen molar-refractivity contribution >= 4 is 21.6 Å².